The van der Waals surface area contributed by atoms with E-state index in [2.05, 4.69) is 47.0 Å². The molecule has 1 saturated heterocycles. The molecule has 0 saturated carbocycles. The van der Waals surface area contributed by atoms with E-state index in [9.17, 15) is 4.79 Å². The van der Waals surface area contributed by atoms with Gasteiger partial charge in [0, 0.05) is 31.7 Å². The van der Waals surface area contributed by atoms with Crippen molar-refractivity contribution in [3.05, 3.63) is 28.2 Å². The highest BCUT2D eigenvalue weighted by atomic mass is 79.9. The maximum absolute atomic E-state index is 12.4. The molecule has 1 N–H and O–H groups in total. The van der Waals surface area contributed by atoms with Gasteiger partial charge in [-0.05, 0) is 59.3 Å². The van der Waals surface area contributed by atoms with Gasteiger partial charge in [0.15, 0.2) is 5.11 Å². The Kier molecular flexibility index (Phi) is 7.01. The molecule has 1 amide bonds. The highest BCUT2D eigenvalue weighted by molar-refractivity contribution is 9.10. The average molecular weight is 414 g/mol. The van der Waals surface area contributed by atoms with E-state index in [1.165, 1.54) is 0 Å². The predicted molar refractivity (Wildman–Crippen MR) is 104 cm³/mol. The number of amides is 1. The number of halogens is 1. The van der Waals surface area contributed by atoms with Crippen molar-refractivity contribution in [1.82, 2.24) is 15.1 Å². The van der Waals surface area contributed by atoms with Crippen LogP contribution >= 0.6 is 28.1 Å². The largest absolute Gasteiger partial charge is 0.492 e. The molecule has 5 nitrogen and oxygen atoms in total. The van der Waals surface area contributed by atoms with Gasteiger partial charge < -0.3 is 14.5 Å². The van der Waals surface area contributed by atoms with Gasteiger partial charge in [-0.1, -0.05) is 13.8 Å². The summed E-state index contributed by atoms with van der Waals surface area (Å²) in [5, 5.41) is 3.31. The number of hydrogen-bond donors (Lipinski definition) is 1. The van der Waals surface area contributed by atoms with E-state index in [1.807, 2.05) is 4.90 Å². The number of benzene rings is 1. The average Bonchev–Trinajstić information content (AvgIpc) is 2.54. The molecule has 1 aromatic rings. The lowest BCUT2D eigenvalue weighted by molar-refractivity contribution is 0.0970. The Labute approximate surface area is 157 Å². The van der Waals surface area contributed by atoms with Crippen LogP contribution < -0.4 is 10.1 Å². The van der Waals surface area contributed by atoms with E-state index in [0.717, 1.165) is 36.4 Å². The van der Waals surface area contributed by atoms with Crippen molar-refractivity contribution in [1.29, 1.82) is 0 Å². The van der Waals surface area contributed by atoms with E-state index in [1.54, 1.807) is 18.2 Å². The van der Waals surface area contributed by atoms with Gasteiger partial charge in [-0.25, -0.2) is 0 Å². The molecule has 0 aliphatic carbocycles. The summed E-state index contributed by atoms with van der Waals surface area (Å²) in [6.45, 7) is 8.39. The third-order valence-corrected chi connectivity index (χ3v) is 4.76. The zero-order chi connectivity index (χ0) is 17.7. The van der Waals surface area contributed by atoms with Gasteiger partial charge >= 0.3 is 0 Å². The fourth-order valence-electron chi connectivity index (χ4n) is 2.27. The third-order valence-electron chi connectivity index (χ3n) is 3.78. The number of thiocarbonyl (C=S) groups is 1. The van der Waals surface area contributed by atoms with Gasteiger partial charge in [-0.15, -0.1) is 0 Å². The number of carbonyl (C=O) groups excluding carboxylic acids is 1. The van der Waals surface area contributed by atoms with Crippen molar-refractivity contribution in [3.8, 4) is 5.75 Å². The summed E-state index contributed by atoms with van der Waals surface area (Å²) < 4.78 is 6.47. The smallest absolute Gasteiger partial charge is 0.257 e. The van der Waals surface area contributed by atoms with Crippen LogP contribution in [0, 0.1) is 5.92 Å². The first-order valence-corrected chi connectivity index (χ1v) is 9.28. The van der Waals surface area contributed by atoms with Crippen molar-refractivity contribution < 1.29 is 9.53 Å². The second-order valence-corrected chi connectivity index (χ2v) is 7.64. The molecule has 0 atom stereocenters. The standard InChI is InChI=1S/C17H24BrN3O2S/c1-12(2)11-23-15-5-4-13(10-14(15)18)16(22)19-17(24)21-8-6-20(3)7-9-21/h4-5,10,12H,6-9,11H2,1-3H3,(H,19,22,24). The number of nitrogens with zero attached hydrogens (tertiary/aromatic N) is 2. The molecule has 1 fully saturated rings. The molecular weight excluding hydrogens is 390 g/mol. The Hall–Kier alpha value is -1.18. The number of likely N-dealkylation sites (N-methyl/N-ethyl adjacent to an activating group) is 1. The molecule has 0 unspecified atom stereocenters. The summed E-state index contributed by atoms with van der Waals surface area (Å²) in [4.78, 5) is 16.7. The summed E-state index contributed by atoms with van der Waals surface area (Å²) in [7, 11) is 2.08. The zero-order valence-electron chi connectivity index (χ0n) is 14.3. The van der Waals surface area contributed by atoms with Gasteiger partial charge in [-0.2, -0.15) is 0 Å². The summed E-state index contributed by atoms with van der Waals surface area (Å²) in [6, 6.07) is 5.32. The van der Waals surface area contributed by atoms with Gasteiger partial charge in [0.1, 0.15) is 5.75 Å². The second kappa shape index (κ2) is 8.78. The molecule has 0 spiro atoms. The zero-order valence-corrected chi connectivity index (χ0v) is 16.7. The van der Waals surface area contributed by atoms with E-state index in [0.29, 0.717) is 23.2 Å². The van der Waals surface area contributed by atoms with Crippen molar-refractivity contribution in [2.45, 2.75) is 13.8 Å². The lowest BCUT2D eigenvalue weighted by atomic mass is 10.2. The third kappa shape index (κ3) is 5.43. The van der Waals surface area contributed by atoms with Crippen LogP contribution in [0.5, 0.6) is 5.75 Å². The Bertz CT molecular complexity index is 601. The first-order chi connectivity index (χ1) is 11.4. The van der Waals surface area contributed by atoms with Crippen LogP contribution in [0.3, 0.4) is 0 Å². The van der Waals surface area contributed by atoms with Crippen LogP contribution in [0.4, 0.5) is 0 Å². The topological polar surface area (TPSA) is 44.8 Å². The maximum Gasteiger partial charge on any atom is 0.257 e. The van der Waals surface area contributed by atoms with Gasteiger partial charge in [0.05, 0.1) is 11.1 Å². The Morgan fingerprint density at radius 3 is 2.58 bits per heavy atom. The van der Waals surface area contributed by atoms with Crippen molar-refractivity contribution in [2.75, 3.05) is 39.8 Å². The molecule has 7 heteroatoms. The molecule has 0 radical (unpaired) electrons. The number of piperazine rings is 1. The lowest BCUT2D eigenvalue weighted by Crippen LogP contribution is -2.51. The first-order valence-electron chi connectivity index (χ1n) is 8.08. The lowest BCUT2D eigenvalue weighted by Gasteiger charge is -2.33. The molecule has 2 rings (SSSR count). The minimum atomic E-state index is -0.199. The predicted octanol–water partition coefficient (Wildman–Crippen LogP) is 2.75. The number of carbonyl (C=O) groups is 1. The fraction of sp³-hybridized carbons (Fsp3) is 0.529. The summed E-state index contributed by atoms with van der Waals surface area (Å²) in [6.07, 6.45) is 0. The van der Waals surface area contributed by atoms with Gasteiger partial charge in [0.25, 0.3) is 5.91 Å². The molecule has 132 valence electrons. The van der Waals surface area contributed by atoms with E-state index in [4.69, 9.17) is 17.0 Å². The number of ether oxygens (including phenoxy) is 1. The molecule has 1 heterocycles. The molecular formula is C17H24BrN3O2S. The SMILES string of the molecule is CC(C)COc1ccc(C(=O)NC(=S)N2CCN(C)CC2)cc1Br. The highest BCUT2D eigenvalue weighted by Crippen LogP contribution is 2.26. The minimum absolute atomic E-state index is 0.199. The summed E-state index contributed by atoms with van der Waals surface area (Å²) in [5.41, 5.74) is 0.551. The van der Waals surface area contributed by atoms with Crippen LogP contribution in [-0.2, 0) is 0 Å². The van der Waals surface area contributed by atoms with E-state index in [-0.39, 0.29) is 5.91 Å². The van der Waals surface area contributed by atoms with Crippen LogP contribution in [-0.4, -0.2) is 60.7 Å². The molecule has 1 aromatic carbocycles. The number of rotatable bonds is 4. The Balaban J connectivity index is 1.94. The second-order valence-electron chi connectivity index (χ2n) is 6.40. The van der Waals surface area contributed by atoms with Crippen LogP contribution in [0.2, 0.25) is 0 Å². The minimum Gasteiger partial charge on any atom is -0.492 e. The Morgan fingerprint density at radius 1 is 1.33 bits per heavy atom. The van der Waals surface area contributed by atoms with E-state index >= 15 is 0 Å². The molecule has 1 aliphatic rings. The van der Waals surface area contributed by atoms with Crippen molar-refractivity contribution in [3.63, 3.8) is 0 Å². The van der Waals surface area contributed by atoms with Crippen LogP contribution in [0.25, 0.3) is 0 Å². The molecule has 24 heavy (non-hydrogen) atoms. The normalized spacial score (nSPS) is 15.5. The van der Waals surface area contributed by atoms with Gasteiger partial charge in [-0.3, -0.25) is 10.1 Å². The number of nitrogens with one attached hydrogen (secondary N) is 1. The number of hydrogen-bond acceptors (Lipinski definition) is 4. The van der Waals surface area contributed by atoms with Gasteiger partial charge in [0.2, 0.25) is 0 Å². The quantitative estimate of drug-likeness (QED) is 0.768. The molecule has 1 aliphatic heterocycles. The van der Waals surface area contributed by atoms with Crippen LogP contribution in [0.15, 0.2) is 22.7 Å². The fourth-order valence-corrected chi connectivity index (χ4v) is 3.04. The summed E-state index contributed by atoms with van der Waals surface area (Å²) >= 11 is 8.82. The van der Waals surface area contributed by atoms with Crippen molar-refractivity contribution >= 4 is 39.2 Å². The maximum atomic E-state index is 12.4. The monoisotopic (exact) mass is 413 g/mol. The summed E-state index contributed by atoms with van der Waals surface area (Å²) in [5.74, 6) is 0.984. The Morgan fingerprint density at radius 2 is 2.00 bits per heavy atom. The molecule has 0 bridgehead atoms. The molecule has 0 aromatic heterocycles. The first kappa shape index (κ1) is 19.1. The van der Waals surface area contributed by atoms with Crippen molar-refractivity contribution in [2.24, 2.45) is 5.92 Å². The van der Waals surface area contributed by atoms with Crippen LogP contribution in [0.1, 0.15) is 24.2 Å². The highest BCUT2D eigenvalue weighted by Gasteiger charge is 2.19. The van der Waals surface area contributed by atoms with E-state index < -0.39 is 0 Å².